The van der Waals surface area contributed by atoms with Crippen LogP contribution in [0.15, 0.2) is 53.3 Å². The molecule has 1 aliphatic rings. The number of ether oxygens (including phenoxy) is 2. The summed E-state index contributed by atoms with van der Waals surface area (Å²) in [5, 5.41) is 3.75. The number of carbonyl (C=O) groups is 1. The van der Waals surface area contributed by atoms with E-state index >= 15 is 0 Å². The summed E-state index contributed by atoms with van der Waals surface area (Å²) in [4.78, 5) is 27.2. The molecule has 0 fully saturated rings. The minimum Gasteiger partial charge on any atom is -0.486 e. The molecule has 2 aromatic carbocycles. The van der Waals surface area contributed by atoms with Crippen LogP contribution in [0.4, 0.5) is 0 Å². The minimum atomic E-state index is -0.156. The second kappa shape index (κ2) is 7.53. The summed E-state index contributed by atoms with van der Waals surface area (Å²) in [6, 6.07) is 15.1. The zero-order valence-electron chi connectivity index (χ0n) is 14.8. The highest BCUT2D eigenvalue weighted by Crippen LogP contribution is 2.33. The third-order valence-electron chi connectivity index (χ3n) is 4.51. The monoisotopic (exact) mass is 364 g/mol. The van der Waals surface area contributed by atoms with E-state index in [1.165, 1.54) is 0 Å². The molecular weight excluding hydrogens is 344 g/mol. The van der Waals surface area contributed by atoms with Crippen LogP contribution >= 0.6 is 0 Å². The van der Waals surface area contributed by atoms with Crippen molar-refractivity contribution in [3.8, 4) is 11.5 Å². The van der Waals surface area contributed by atoms with Crippen LogP contribution in [-0.4, -0.2) is 30.6 Å². The Morgan fingerprint density at radius 3 is 2.56 bits per heavy atom. The molecule has 1 amide bonds. The van der Waals surface area contributed by atoms with Gasteiger partial charge in [0.15, 0.2) is 11.5 Å². The second-order valence-corrected chi connectivity index (χ2v) is 6.47. The first kappa shape index (κ1) is 17.1. The third kappa shape index (κ3) is 3.95. The van der Waals surface area contributed by atoms with Crippen molar-refractivity contribution < 1.29 is 14.3 Å². The Morgan fingerprint density at radius 2 is 1.78 bits per heavy atom. The zero-order chi connectivity index (χ0) is 18.6. The fourth-order valence-corrected chi connectivity index (χ4v) is 3.15. The van der Waals surface area contributed by atoms with E-state index in [1.54, 1.807) is 6.07 Å². The van der Waals surface area contributed by atoms with Crippen molar-refractivity contribution in [3.05, 3.63) is 70.0 Å². The normalized spacial score (nSPS) is 12.7. The first-order chi connectivity index (χ1) is 13.2. The van der Waals surface area contributed by atoms with Crippen molar-refractivity contribution in [2.45, 2.75) is 12.8 Å². The molecule has 138 valence electrons. The van der Waals surface area contributed by atoms with Crippen molar-refractivity contribution in [3.63, 3.8) is 0 Å². The van der Waals surface area contributed by atoms with Gasteiger partial charge in [0.2, 0.25) is 5.91 Å². The summed E-state index contributed by atoms with van der Waals surface area (Å²) in [5.41, 5.74) is 2.14. The van der Waals surface area contributed by atoms with Gasteiger partial charge in [0.25, 0.3) is 5.56 Å². The summed E-state index contributed by atoms with van der Waals surface area (Å²) in [6.07, 6.45) is 0.790. The summed E-state index contributed by atoms with van der Waals surface area (Å²) < 4.78 is 11.1. The van der Waals surface area contributed by atoms with Crippen LogP contribution in [0.1, 0.15) is 11.1 Å². The van der Waals surface area contributed by atoms with Crippen LogP contribution in [0, 0.1) is 0 Å². The molecule has 0 unspecified atom stereocenters. The van der Waals surface area contributed by atoms with E-state index in [1.807, 2.05) is 42.5 Å². The van der Waals surface area contributed by atoms with Gasteiger partial charge in [0, 0.05) is 23.6 Å². The predicted octanol–water partition coefficient (Wildman–Crippen LogP) is 2.20. The summed E-state index contributed by atoms with van der Waals surface area (Å²) in [6.45, 7) is 1.43. The van der Waals surface area contributed by atoms with Crippen LogP contribution in [0.25, 0.3) is 10.9 Å². The van der Waals surface area contributed by atoms with Crippen LogP contribution in [0.5, 0.6) is 11.5 Å². The van der Waals surface area contributed by atoms with Gasteiger partial charge in [-0.2, -0.15) is 0 Å². The molecule has 2 heterocycles. The van der Waals surface area contributed by atoms with Gasteiger partial charge in [0.1, 0.15) is 13.2 Å². The van der Waals surface area contributed by atoms with Crippen LogP contribution in [-0.2, 0) is 17.6 Å². The Bertz CT molecular complexity index is 1030. The standard InChI is InChI=1S/C21H20N2O4/c24-20(10-14-4-2-1-3-5-14)22-7-6-15-11-16-12-18-19(27-9-8-26-18)13-17(16)23-21(15)25/h1-5,11-13H,6-10H2,(H,22,24)(H,23,25). The Hall–Kier alpha value is -3.28. The number of amides is 1. The highest BCUT2D eigenvalue weighted by atomic mass is 16.6. The lowest BCUT2D eigenvalue weighted by Crippen LogP contribution is -2.28. The topological polar surface area (TPSA) is 80.4 Å². The smallest absolute Gasteiger partial charge is 0.251 e. The van der Waals surface area contributed by atoms with Gasteiger partial charge in [-0.1, -0.05) is 30.3 Å². The van der Waals surface area contributed by atoms with E-state index in [4.69, 9.17) is 9.47 Å². The number of carbonyl (C=O) groups excluding carboxylic acids is 1. The number of aromatic amines is 1. The Kier molecular flexibility index (Phi) is 4.78. The van der Waals surface area contributed by atoms with E-state index in [2.05, 4.69) is 10.3 Å². The number of aromatic nitrogens is 1. The molecule has 6 nitrogen and oxygen atoms in total. The highest BCUT2D eigenvalue weighted by Gasteiger charge is 2.14. The van der Waals surface area contributed by atoms with Gasteiger partial charge >= 0.3 is 0 Å². The molecule has 0 bridgehead atoms. The maximum Gasteiger partial charge on any atom is 0.251 e. The van der Waals surface area contributed by atoms with Crippen molar-refractivity contribution in [1.82, 2.24) is 10.3 Å². The van der Waals surface area contributed by atoms with E-state index in [0.717, 1.165) is 10.9 Å². The lowest BCUT2D eigenvalue weighted by molar-refractivity contribution is -0.120. The highest BCUT2D eigenvalue weighted by molar-refractivity contribution is 5.83. The molecule has 1 aliphatic heterocycles. The molecule has 0 radical (unpaired) electrons. The molecular formula is C21H20N2O4. The molecule has 0 saturated heterocycles. The van der Waals surface area contributed by atoms with Gasteiger partial charge in [-0.15, -0.1) is 0 Å². The molecule has 0 saturated carbocycles. The average Bonchev–Trinajstić information content (AvgIpc) is 2.68. The maximum atomic E-state index is 12.3. The largest absolute Gasteiger partial charge is 0.486 e. The maximum absolute atomic E-state index is 12.3. The molecule has 27 heavy (non-hydrogen) atoms. The zero-order valence-corrected chi connectivity index (χ0v) is 14.8. The first-order valence-corrected chi connectivity index (χ1v) is 8.95. The third-order valence-corrected chi connectivity index (χ3v) is 4.51. The SMILES string of the molecule is O=C(Cc1ccccc1)NCCc1cc2cc3c(cc2[nH]c1=O)OCCO3. The lowest BCUT2D eigenvalue weighted by Gasteiger charge is -2.18. The molecule has 2 N–H and O–H groups in total. The van der Waals surface area contributed by atoms with Crippen molar-refractivity contribution in [2.75, 3.05) is 19.8 Å². The first-order valence-electron chi connectivity index (χ1n) is 8.95. The number of benzene rings is 2. The molecule has 0 aliphatic carbocycles. The number of hydrogen-bond donors (Lipinski definition) is 2. The number of rotatable bonds is 5. The Balaban J connectivity index is 1.43. The summed E-state index contributed by atoms with van der Waals surface area (Å²) >= 11 is 0. The van der Waals surface area contributed by atoms with E-state index in [0.29, 0.717) is 55.2 Å². The predicted molar refractivity (Wildman–Crippen MR) is 102 cm³/mol. The second-order valence-electron chi connectivity index (χ2n) is 6.47. The van der Waals surface area contributed by atoms with Crippen molar-refractivity contribution in [1.29, 1.82) is 0 Å². The number of H-pyrrole nitrogens is 1. The van der Waals surface area contributed by atoms with Crippen molar-refractivity contribution in [2.24, 2.45) is 0 Å². The van der Waals surface area contributed by atoms with Gasteiger partial charge in [-0.25, -0.2) is 0 Å². The fraction of sp³-hybridized carbons (Fsp3) is 0.238. The van der Waals surface area contributed by atoms with Crippen LogP contribution in [0.3, 0.4) is 0 Å². The number of pyridine rings is 1. The van der Waals surface area contributed by atoms with Gasteiger partial charge in [-0.3, -0.25) is 9.59 Å². The number of nitrogens with one attached hydrogen (secondary N) is 2. The van der Waals surface area contributed by atoms with E-state index < -0.39 is 0 Å². The van der Waals surface area contributed by atoms with Gasteiger partial charge in [-0.05, 0) is 24.1 Å². The minimum absolute atomic E-state index is 0.0574. The molecule has 3 aromatic rings. The summed E-state index contributed by atoms with van der Waals surface area (Å²) in [5.74, 6) is 1.27. The fourth-order valence-electron chi connectivity index (χ4n) is 3.15. The quantitative estimate of drug-likeness (QED) is 0.727. The van der Waals surface area contributed by atoms with E-state index in [9.17, 15) is 9.59 Å². The Labute approximate surface area is 156 Å². The number of hydrogen-bond acceptors (Lipinski definition) is 4. The molecule has 0 spiro atoms. The number of fused-ring (bicyclic) bond motifs is 2. The Morgan fingerprint density at radius 1 is 1.04 bits per heavy atom. The van der Waals surface area contributed by atoms with Gasteiger partial charge in [0.05, 0.1) is 11.9 Å². The molecule has 4 rings (SSSR count). The van der Waals surface area contributed by atoms with Gasteiger partial charge < -0.3 is 19.8 Å². The van der Waals surface area contributed by atoms with E-state index in [-0.39, 0.29) is 11.5 Å². The average molecular weight is 364 g/mol. The lowest BCUT2D eigenvalue weighted by atomic mass is 10.1. The van der Waals surface area contributed by atoms with Crippen LogP contribution < -0.4 is 20.3 Å². The van der Waals surface area contributed by atoms with Crippen molar-refractivity contribution >= 4 is 16.8 Å². The van der Waals surface area contributed by atoms with Crippen LogP contribution in [0.2, 0.25) is 0 Å². The molecule has 6 heteroatoms. The molecule has 0 atom stereocenters. The molecule has 1 aromatic heterocycles. The summed E-state index contributed by atoms with van der Waals surface area (Å²) in [7, 11) is 0.